The number of phenolic OH excluding ortho intramolecular Hbond substituents is 1. The molecule has 0 bridgehead atoms. The molecule has 0 fully saturated rings. The van der Waals surface area contributed by atoms with Crippen molar-refractivity contribution in [2.45, 2.75) is 0 Å². The Hall–Kier alpha value is -3.01. The third kappa shape index (κ3) is 2.59. The van der Waals surface area contributed by atoms with Gasteiger partial charge in [-0.25, -0.2) is 0 Å². The first-order valence-corrected chi connectivity index (χ1v) is 6.76. The second kappa shape index (κ2) is 5.77. The van der Waals surface area contributed by atoms with Gasteiger partial charge in [0.25, 0.3) is 5.91 Å². The number of nitrogens with one attached hydrogen (secondary N) is 1. The molecule has 0 atom stereocenters. The van der Waals surface area contributed by atoms with E-state index in [0.717, 1.165) is 10.8 Å². The minimum atomic E-state index is -0.341. The van der Waals surface area contributed by atoms with Crippen LogP contribution in [0.2, 0.25) is 0 Å². The molecule has 4 nitrogen and oxygen atoms in total. The van der Waals surface area contributed by atoms with Crippen molar-refractivity contribution in [3.8, 4) is 11.5 Å². The highest BCUT2D eigenvalue weighted by molar-refractivity contribution is 6.08. The summed E-state index contributed by atoms with van der Waals surface area (Å²) >= 11 is 0. The van der Waals surface area contributed by atoms with Gasteiger partial charge in [0.1, 0.15) is 11.5 Å². The number of carbonyl (C=O) groups excluding carboxylic acids is 1. The van der Waals surface area contributed by atoms with E-state index in [1.54, 1.807) is 48.5 Å². The smallest absolute Gasteiger partial charge is 0.259 e. The van der Waals surface area contributed by atoms with Crippen molar-refractivity contribution in [2.75, 3.05) is 12.4 Å². The van der Waals surface area contributed by atoms with Crippen LogP contribution in [-0.2, 0) is 0 Å². The Morgan fingerprint density at radius 1 is 1.18 bits per heavy atom. The average molecular weight is 292 g/mol. The number of fused-ring (bicyclic) bond motifs is 1. The highest BCUT2D eigenvalue weighted by atomic mass is 16.5. The summed E-state index contributed by atoms with van der Waals surface area (Å²) in [6, 6.07) is 18.6. The van der Waals surface area contributed by atoms with Crippen molar-refractivity contribution in [3.63, 3.8) is 0 Å². The van der Waals surface area contributed by atoms with Crippen LogP contribution in [0.15, 0.2) is 54.6 Å². The monoisotopic (exact) mass is 292 g/mol. The van der Waals surface area contributed by atoms with E-state index in [1.807, 2.05) is 6.07 Å². The molecule has 0 spiro atoms. The van der Waals surface area contributed by atoms with Crippen LogP contribution in [-0.4, -0.2) is 18.1 Å². The van der Waals surface area contributed by atoms with E-state index in [-0.39, 0.29) is 11.7 Å². The van der Waals surface area contributed by atoms with Crippen LogP contribution in [0.1, 0.15) is 10.4 Å². The summed E-state index contributed by atoms with van der Waals surface area (Å²) in [5, 5.41) is 14.6. The molecule has 3 aromatic rings. The van der Waals surface area contributed by atoms with Gasteiger partial charge in [0.05, 0.1) is 18.4 Å². The molecular weight excluding hydrogens is 278 g/mol. The second-order valence-corrected chi connectivity index (χ2v) is 4.80. The standard InChI is InChI=1S/C18H14NO3/c1-22-17-9-5-4-8-14(17)18(21)19-15-10-12-6-2-3-7-13(12)11-16(15)20/h3-11,20H,1H3,(H,19,21). The Balaban J connectivity index is 1.95. The molecule has 4 heteroatoms. The first-order valence-electron chi connectivity index (χ1n) is 6.76. The number of methoxy groups -OCH3 is 1. The molecule has 3 aromatic carbocycles. The Morgan fingerprint density at radius 2 is 2.00 bits per heavy atom. The van der Waals surface area contributed by atoms with Crippen LogP contribution in [0.25, 0.3) is 10.8 Å². The van der Waals surface area contributed by atoms with Crippen LogP contribution in [0.3, 0.4) is 0 Å². The summed E-state index contributed by atoms with van der Waals surface area (Å²) in [7, 11) is 1.51. The molecule has 0 aliphatic carbocycles. The van der Waals surface area contributed by atoms with Gasteiger partial charge >= 0.3 is 0 Å². The SMILES string of the molecule is COc1ccccc1C(=O)Nc1cc2c[c]ccc2cc1O. The number of rotatable bonds is 3. The van der Waals surface area contributed by atoms with Crippen LogP contribution in [0.4, 0.5) is 5.69 Å². The molecule has 0 saturated heterocycles. The molecule has 0 heterocycles. The topological polar surface area (TPSA) is 58.6 Å². The first kappa shape index (κ1) is 13.9. The largest absolute Gasteiger partial charge is 0.506 e. The van der Waals surface area contributed by atoms with Crippen LogP contribution in [0, 0.1) is 6.07 Å². The Kier molecular flexibility index (Phi) is 3.66. The summed E-state index contributed by atoms with van der Waals surface area (Å²) in [6.07, 6.45) is 0. The van der Waals surface area contributed by atoms with Crippen LogP contribution >= 0.6 is 0 Å². The van der Waals surface area contributed by atoms with Crippen LogP contribution in [0.5, 0.6) is 11.5 Å². The molecule has 0 unspecified atom stereocenters. The van der Waals surface area contributed by atoms with Gasteiger partial charge in [-0.2, -0.15) is 0 Å². The van der Waals surface area contributed by atoms with E-state index >= 15 is 0 Å². The fraction of sp³-hybridized carbons (Fsp3) is 0.0556. The summed E-state index contributed by atoms with van der Waals surface area (Å²) in [6.45, 7) is 0. The summed E-state index contributed by atoms with van der Waals surface area (Å²) in [5.41, 5.74) is 0.757. The van der Waals surface area contributed by atoms with Gasteiger partial charge in [0.2, 0.25) is 0 Å². The molecule has 1 radical (unpaired) electrons. The Labute approximate surface area is 128 Å². The molecule has 0 aliphatic heterocycles. The molecule has 109 valence electrons. The van der Waals surface area contributed by atoms with E-state index in [4.69, 9.17) is 4.74 Å². The Bertz CT molecular complexity index is 843. The zero-order valence-electron chi connectivity index (χ0n) is 12.0. The average Bonchev–Trinajstić information content (AvgIpc) is 2.55. The molecule has 2 N–H and O–H groups in total. The van der Waals surface area contributed by atoms with Crippen molar-refractivity contribution in [2.24, 2.45) is 0 Å². The molecule has 0 aromatic heterocycles. The predicted octanol–water partition coefficient (Wildman–Crippen LogP) is 3.61. The van der Waals surface area contributed by atoms with Crippen molar-refractivity contribution >= 4 is 22.4 Å². The number of phenols is 1. The number of aromatic hydroxyl groups is 1. The quantitative estimate of drug-likeness (QED) is 0.725. The van der Waals surface area contributed by atoms with E-state index in [9.17, 15) is 9.90 Å². The maximum Gasteiger partial charge on any atom is 0.259 e. The van der Waals surface area contributed by atoms with Crippen molar-refractivity contribution in [3.05, 3.63) is 66.2 Å². The maximum absolute atomic E-state index is 12.4. The third-order valence-corrected chi connectivity index (χ3v) is 3.40. The minimum Gasteiger partial charge on any atom is -0.506 e. The lowest BCUT2D eigenvalue weighted by Crippen LogP contribution is -2.13. The lowest BCUT2D eigenvalue weighted by Gasteiger charge is -2.11. The first-order chi connectivity index (χ1) is 10.7. The number of hydrogen-bond donors (Lipinski definition) is 2. The van der Waals surface area contributed by atoms with Gasteiger partial charge in [-0.1, -0.05) is 24.3 Å². The highest BCUT2D eigenvalue weighted by Crippen LogP contribution is 2.30. The fourth-order valence-corrected chi connectivity index (χ4v) is 2.29. The van der Waals surface area contributed by atoms with Gasteiger partial charge in [0, 0.05) is 0 Å². The minimum absolute atomic E-state index is 0.0157. The number of carbonyl (C=O) groups is 1. The molecule has 0 saturated carbocycles. The second-order valence-electron chi connectivity index (χ2n) is 4.80. The van der Waals surface area contributed by atoms with Gasteiger partial charge in [-0.15, -0.1) is 0 Å². The summed E-state index contributed by atoms with van der Waals surface area (Å²) in [5.74, 6) is 0.155. The van der Waals surface area contributed by atoms with Crippen molar-refractivity contribution < 1.29 is 14.6 Å². The van der Waals surface area contributed by atoms with Gasteiger partial charge in [0.15, 0.2) is 0 Å². The number of amides is 1. The highest BCUT2D eigenvalue weighted by Gasteiger charge is 2.13. The van der Waals surface area contributed by atoms with Crippen molar-refractivity contribution in [1.29, 1.82) is 0 Å². The molecule has 3 rings (SSSR count). The molecule has 0 aliphatic rings. The number of benzene rings is 3. The number of para-hydroxylation sites is 1. The van der Waals surface area contributed by atoms with Gasteiger partial charge < -0.3 is 15.2 Å². The number of ether oxygens (including phenoxy) is 1. The Morgan fingerprint density at radius 3 is 2.82 bits per heavy atom. The van der Waals surface area contributed by atoms with E-state index in [0.29, 0.717) is 17.0 Å². The summed E-state index contributed by atoms with van der Waals surface area (Å²) in [4.78, 5) is 12.4. The zero-order valence-corrected chi connectivity index (χ0v) is 12.0. The predicted molar refractivity (Wildman–Crippen MR) is 85.4 cm³/mol. The molecule has 22 heavy (non-hydrogen) atoms. The third-order valence-electron chi connectivity index (χ3n) is 3.40. The van der Waals surface area contributed by atoms with Crippen LogP contribution < -0.4 is 10.1 Å². The van der Waals surface area contributed by atoms with Crippen molar-refractivity contribution in [1.82, 2.24) is 0 Å². The normalized spacial score (nSPS) is 10.4. The van der Waals surface area contributed by atoms with Gasteiger partial charge in [-0.3, -0.25) is 4.79 Å². The molecular formula is C18H14NO3. The van der Waals surface area contributed by atoms with E-state index in [2.05, 4.69) is 11.4 Å². The lowest BCUT2D eigenvalue weighted by molar-refractivity contribution is 0.102. The van der Waals surface area contributed by atoms with E-state index < -0.39 is 0 Å². The van der Waals surface area contributed by atoms with Gasteiger partial charge in [-0.05, 0) is 47.2 Å². The maximum atomic E-state index is 12.4. The fourth-order valence-electron chi connectivity index (χ4n) is 2.29. The zero-order chi connectivity index (χ0) is 15.5. The summed E-state index contributed by atoms with van der Waals surface area (Å²) < 4.78 is 5.18. The number of hydrogen-bond acceptors (Lipinski definition) is 3. The lowest BCUT2D eigenvalue weighted by atomic mass is 10.1. The number of anilines is 1. The molecule has 1 amide bonds. The van der Waals surface area contributed by atoms with E-state index in [1.165, 1.54) is 7.11 Å².